The first-order valence-electron chi connectivity index (χ1n) is 21.9. The molecule has 0 radical (unpaired) electrons. The van der Waals surface area contributed by atoms with Crippen LogP contribution in [0.25, 0.3) is 0 Å². The van der Waals surface area contributed by atoms with E-state index in [9.17, 15) is 14.1 Å². The zero-order valence-corrected chi connectivity index (χ0v) is 37.6. The minimum absolute atomic E-state index is 0.170. The molecule has 62 heavy (non-hydrogen) atoms. The summed E-state index contributed by atoms with van der Waals surface area (Å²) in [6.45, 7) is 9.89. The average molecular weight is 884 g/mol. The number of amides is 2. The lowest BCUT2D eigenvalue weighted by Crippen LogP contribution is -2.53. The highest BCUT2D eigenvalue weighted by molar-refractivity contribution is 7.92. The van der Waals surface area contributed by atoms with E-state index in [1.54, 1.807) is 30.9 Å². The molecule has 3 N–H and O–H groups in total. The largest absolute Gasteiger partial charge is 0.593 e. The molecule has 4 aliphatic rings. The molecule has 0 spiro atoms. The summed E-state index contributed by atoms with van der Waals surface area (Å²) >= 11 is 5.32. The van der Waals surface area contributed by atoms with E-state index in [0.717, 1.165) is 99.4 Å². The van der Waals surface area contributed by atoms with Gasteiger partial charge >= 0.3 is 0 Å². The number of carbonyl (C=O) groups is 2. The average Bonchev–Trinajstić information content (AvgIpc) is 3.30. The number of benzene rings is 3. The number of aromatic nitrogens is 2. The van der Waals surface area contributed by atoms with E-state index in [1.165, 1.54) is 31.5 Å². The Balaban J connectivity index is 0.761. The van der Waals surface area contributed by atoms with E-state index in [-0.39, 0.29) is 17.7 Å². The highest BCUT2D eigenvalue weighted by Gasteiger charge is 2.30. The van der Waals surface area contributed by atoms with Gasteiger partial charge in [0.25, 0.3) is 0 Å². The number of anilines is 7. The normalized spacial score (nSPS) is 20.2. The Kier molecular flexibility index (Phi) is 14.2. The third-order valence-electron chi connectivity index (χ3n) is 13.2. The molecule has 2 atom stereocenters. The number of piperazine rings is 1. The van der Waals surface area contributed by atoms with Gasteiger partial charge in [0.05, 0.1) is 49.0 Å². The Morgan fingerprint density at radius 3 is 2.27 bits per heavy atom. The Labute approximate surface area is 373 Å². The molecule has 3 aromatic carbocycles. The molecule has 0 saturated carbocycles. The van der Waals surface area contributed by atoms with Gasteiger partial charge in [0.15, 0.2) is 5.82 Å². The molecule has 0 aliphatic carbocycles. The van der Waals surface area contributed by atoms with Gasteiger partial charge < -0.3 is 34.6 Å². The predicted molar refractivity (Wildman–Crippen MR) is 250 cm³/mol. The van der Waals surface area contributed by atoms with Crippen molar-refractivity contribution in [3.05, 3.63) is 83.5 Å². The first kappa shape index (κ1) is 43.8. The molecule has 4 aliphatic heterocycles. The number of rotatable bonds is 14. The number of halogens is 1. The second kappa shape index (κ2) is 20.1. The van der Waals surface area contributed by atoms with Crippen LogP contribution in [0.3, 0.4) is 0 Å². The van der Waals surface area contributed by atoms with E-state index in [1.807, 2.05) is 30.3 Å². The van der Waals surface area contributed by atoms with Gasteiger partial charge in [-0.15, -0.1) is 0 Å². The smallest absolute Gasteiger partial charge is 0.234 e. The van der Waals surface area contributed by atoms with Gasteiger partial charge in [0.2, 0.25) is 17.8 Å². The molecule has 0 bridgehead atoms. The minimum Gasteiger partial charge on any atom is -0.593 e. The van der Waals surface area contributed by atoms with Crippen LogP contribution >= 0.6 is 11.6 Å². The van der Waals surface area contributed by atoms with Gasteiger partial charge in [0.1, 0.15) is 22.7 Å². The number of para-hydroxylation sites is 2. The number of hydrogen-bond donors (Lipinski definition) is 3. The third-order valence-corrected chi connectivity index (χ3v) is 14.4. The van der Waals surface area contributed by atoms with Crippen molar-refractivity contribution >= 4 is 75.0 Å². The fourth-order valence-corrected chi connectivity index (χ4v) is 9.93. The molecule has 16 heteroatoms. The van der Waals surface area contributed by atoms with Crippen molar-refractivity contribution < 1.29 is 18.9 Å². The van der Waals surface area contributed by atoms with Crippen molar-refractivity contribution in [2.45, 2.75) is 56.9 Å². The second-order valence-electron chi connectivity index (χ2n) is 16.9. The third kappa shape index (κ3) is 10.5. The lowest BCUT2D eigenvalue weighted by atomic mass is 9.90. The van der Waals surface area contributed by atoms with Crippen LogP contribution in [0.1, 0.15) is 56.4 Å². The molecular weight excluding hydrogens is 824 g/mol. The first-order valence-corrected chi connectivity index (χ1v) is 23.8. The molecule has 1 aromatic heterocycles. The van der Waals surface area contributed by atoms with Gasteiger partial charge in [-0.25, -0.2) is 4.98 Å². The number of carbonyl (C=O) groups excluding carboxylic acids is 2. The Morgan fingerprint density at radius 2 is 1.56 bits per heavy atom. The molecule has 4 saturated heterocycles. The monoisotopic (exact) mass is 882 g/mol. The molecule has 330 valence electrons. The summed E-state index contributed by atoms with van der Waals surface area (Å²) in [5, 5.41) is 9.44. The standard InChI is InChI=1S/C46H59ClN10O4S/c1-53(62(3)60)41-7-5-4-6-39(41)49-44-38(47)31-48-46(52-44)50-40-14-12-36(30-42(40)61-2)56-24-19-35(20-25-56)57-28-26-54(27-29-57)21-16-32-17-22-55(23-18-32)34-10-8-33(9-11-34)37-13-15-43(58)51-45(37)59/h4-12,14,30-32,35,37H,13,15-29H2,1-3H3,(H,51,58,59)(H2,48,49,50,52). The van der Waals surface area contributed by atoms with Crippen LogP contribution in [-0.4, -0.2) is 121 Å². The molecule has 8 rings (SSSR count). The Hall–Kier alpha value is -4.80. The van der Waals surface area contributed by atoms with E-state index >= 15 is 0 Å². The molecule has 5 heterocycles. The van der Waals surface area contributed by atoms with E-state index < -0.39 is 11.4 Å². The quantitative estimate of drug-likeness (QED) is 0.0907. The van der Waals surface area contributed by atoms with Crippen LogP contribution in [0.15, 0.2) is 72.9 Å². The Morgan fingerprint density at radius 1 is 0.871 bits per heavy atom. The maximum Gasteiger partial charge on any atom is 0.234 e. The van der Waals surface area contributed by atoms with E-state index in [4.69, 9.17) is 16.3 Å². The van der Waals surface area contributed by atoms with Crippen LogP contribution < -0.4 is 34.8 Å². The number of ether oxygens (including phenoxy) is 1. The second-order valence-corrected chi connectivity index (χ2v) is 18.7. The van der Waals surface area contributed by atoms with Crippen molar-refractivity contribution in [3.63, 3.8) is 0 Å². The lowest BCUT2D eigenvalue weighted by Gasteiger charge is -2.43. The predicted octanol–water partition coefficient (Wildman–Crippen LogP) is 6.77. The summed E-state index contributed by atoms with van der Waals surface area (Å²) in [7, 11) is 3.45. The maximum absolute atomic E-state index is 12.3. The van der Waals surface area contributed by atoms with Crippen LogP contribution in [0.5, 0.6) is 5.75 Å². The van der Waals surface area contributed by atoms with E-state index in [2.05, 4.69) is 81.9 Å². The highest BCUT2D eigenvalue weighted by atomic mass is 35.5. The zero-order chi connectivity index (χ0) is 43.2. The van der Waals surface area contributed by atoms with Gasteiger partial charge in [0, 0.05) is 82.3 Å². The van der Waals surface area contributed by atoms with Crippen LogP contribution in [0, 0.1) is 5.92 Å². The van der Waals surface area contributed by atoms with E-state index in [0.29, 0.717) is 41.4 Å². The summed E-state index contributed by atoms with van der Waals surface area (Å²) in [6, 6.07) is 22.8. The van der Waals surface area contributed by atoms with Gasteiger partial charge in [-0.05, 0) is 92.9 Å². The molecule has 4 aromatic rings. The molecule has 2 unspecified atom stereocenters. The van der Waals surface area contributed by atoms with Gasteiger partial charge in [-0.2, -0.15) is 9.29 Å². The minimum atomic E-state index is -1.20. The van der Waals surface area contributed by atoms with Gasteiger partial charge in [-0.1, -0.05) is 35.9 Å². The number of imide groups is 1. The number of methoxy groups -OCH3 is 1. The van der Waals surface area contributed by atoms with Crippen molar-refractivity contribution in [2.75, 3.05) is 104 Å². The number of nitrogens with one attached hydrogen (secondary N) is 3. The first-order chi connectivity index (χ1) is 30.1. The van der Waals surface area contributed by atoms with Crippen molar-refractivity contribution in [2.24, 2.45) is 5.92 Å². The summed E-state index contributed by atoms with van der Waals surface area (Å²) in [5.41, 5.74) is 5.58. The van der Waals surface area contributed by atoms with Gasteiger partial charge in [-0.3, -0.25) is 19.8 Å². The topological polar surface area (TPSA) is 144 Å². The highest BCUT2D eigenvalue weighted by Crippen LogP contribution is 2.36. The number of piperidine rings is 3. The SMILES string of the molecule is COc1cc(N2CCC(N3CCN(CCC4CCN(c5ccc(C6CCC(=O)NC6=O)cc5)CC4)CC3)CC2)ccc1Nc1ncc(Cl)c(Nc2ccccc2N(C)[S+](C)[O-])n1. The number of nitrogens with zero attached hydrogens (tertiary/aromatic N) is 7. The summed E-state index contributed by atoms with van der Waals surface area (Å²) in [6.07, 6.45) is 10.2. The van der Waals surface area contributed by atoms with Crippen molar-refractivity contribution in [1.82, 2.24) is 25.1 Å². The van der Waals surface area contributed by atoms with Crippen LogP contribution in [0.2, 0.25) is 5.02 Å². The zero-order valence-electron chi connectivity index (χ0n) is 36.0. The summed E-state index contributed by atoms with van der Waals surface area (Å²) < 4.78 is 19.7. The molecule has 14 nitrogen and oxygen atoms in total. The fraction of sp³-hybridized carbons (Fsp3) is 0.478. The van der Waals surface area contributed by atoms with Crippen molar-refractivity contribution in [3.8, 4) is 5.75 Å². The molecule has 2 amide bonds. The van der Waals surface area contributed by atoms with Crippen LogP contribution in [-0.2, 0) is 21.0 Å². The molecular formula is C46H59ClN10O4S. The number of hydrogen-bond acceptors (Lipinski definition) is 13. The molecule has 4 fully saturated rings. The lowest BCUT2D eigenvalue weighted by molar-refractivity contribution is -0.134. The maximum atomic E-state index is 12.3. The summed E-state index contributed by atoms with van der Waals surface area (Å²) in [4.78, 5) is 43.3. The van der Waals surface area contributed by atoms with Crippen molar-refractivity contribution in [1.29, 1.82) is 0 Å². The summed E-state index contributed by atoms with van der Waals surface area (Å²) in [5.74, 6) is 1.68. The van der Waals surface area contributed by atoms with Crippen LogP contribution in [0.4, 0.5) is 40.2 Å². The fourth-order valence-electron chi connectivity index (χ4n) is 9.35. The Bertz CT molecular complexity index is 2160.